The highest BCUT2D eigenvalue weighted by Gasteiger charge is 2.08. The summed E-state index contributed by atoms with van der Waals surface area (Å²) in [5.74, 6) is 0.821. The topological polar surface area (TPSA) is 28.7 Å². The Balaban J connectivity index is 2.62. The van der Waals surface area contributed by atoms with E-state index in [9.17, 15) is 0 Å². The Kier molecular flexibility index (Phi) is 3.97. The molecular weight excluding hydrogens is 308 g/mol. The zero-order valence-electron chi connectivity index (χ0n) is 10.7. The maximum absolute atomic E-state index is 5.35. The van der Waals surface area contributed by atoms with E-state index in [-0.39, 0.29) is 0 Å². The van der Waals surface area contributed by atoms with Gasteiger partial charge in [0.1, 0.15) is 10.5 Å². The van der Waals surface area contributed by atoms with Crippen molar-refractivity contribution in [1.82, 2.24) is 9.97 Å². The van der Waals surface area contributed by atoms with Gasteiger partial charge in [-0.15, -0.1) is 0 Å². The number of benzene rings is 1. The van der Waals surface area contributed by atoms with Crippen LogP contribution in [-0.2, 0) is 6.42 Å². The summed E-state index contributed by atoms with van der Waals surface area (Å²) in [5.41, 5.74) is 4.47. The highest BCUT2D eigenvalue weighted by atomic mass is 79.9. The highest BCUT2D eigenvalue weighted by molar-refractivity contribution is 9.10. The molecule has 0 fully saturated rings. The number of nitrogens with one attached hydrogen (secondary N) is 1. The number of hydrogen-bond acceptors (Lipinski definition) is 2. The molecule has 2 rings (SSSR count). The van der Waals surface area contributed by atoms with E-state index >= 15 is 0 Å². The summed E-state index contributed by atoms with van der Waals surface area (Å²) in [4.78, 5) is 7.83. The molecule has 0 aliphatic carbocycles. The SMILES string of the molecule is CCc1c(C)[nH]c(-c2ccc(C)cc2Br)nc1=S. The van der Waals surface area contributed by atoms with Gasteiger partial charge in [0.15, 0.2) is 0 Å². The van der Waals surface area contributed by atoms with Crippen molar-refractivity contribution in [3.63, 3.8) is 0 Å². The van der Waals surface area contributed by atoms with Gasteiger partial charge in [0.05, 0.1) is 0 Å². The van der Waals surface area contributed by atoms with Crippen LogP contribution < -0.4 is 0 Å². The van der Waals surface area contributed by atoms with Crippen molar-refractivity contribution in [3.05, 3.63) is 44.1 Å². The number of hydrogen-bond donors (Lipinski definition) is 1. The van der Waals surface area contributed by atoms with Crippen LogP contribution in [0.15, 0.2) is 22.7 Å². The molecule has 1 aromatic heterocycles. The molecule has 0 aliphatic rings. The van der Waals surface area contributed by atoms with E-state index in [1.165, 1.54) is 5.56 Å². The molecule has 0 saturated heterocycles. The van der Waals surface area contributed by atoms with Crippen molar-refractivity contribution in [1.29, 1.82) is 0 Å². The van der Waals surface area contributed by atoms with Gasteiger partial charge >= 0.3 is 0 Å². The average Bonchev–Trinajstić information content (AvgIpc) is 2.28. The van der Waals surface area contributed by atoms with Crippen LogP contribution in [0.4, 0.5) is 0 Å². The first-order chi connectivity index (χ1) is 8.52. The second-order valence-corrected chi connectivity index (χ2v) is 5.57. The molecule has 94 valence electrons. The molecule has 18 heavy (non-hydrogen) atoms. The first-order valence-electron chi connectivity index (χ1n) is 5.89. The molecule has 0 radical (unpaired) electrons. The zero-order chi connectivity index (χ0) is 13.3. The van der Waals surface area contributed by atoms with E-state index in [1.54, 1.807) is 0 Å². The quantitative estimate of drug-likeness (QED) is 0.808. The van der Waals surface area contributed by atoms with E-state index in [2.05, 4.69) is 57.9 Å². The second-order valence-electron chi connectivity index (χ2n) is 4.33. The summed E-state index contributed by atoms with van der Waals surface area (Å²) in [6.45, 7) is 6.20. The molecule has 2 aromatic rings. The maximum Gasteiger partial charge on any atom is 0.140 e. The molecule has 1 N–H and O–H groups in total. The molecule has 0 unspecified atom stereocenters. The van der Waals surface area contributed by atoms with Crippen LogP contribution in [0.2, 0.25) is 0 Å². The summed E-state index contributed by atoms with van der Waals surface area (Å²) in [5, 5.41) is 0. The van der Waals surface area contributed by atoms with Crippen LogP contribution >= 0.6 is 28.1 Å². The monoisotopic (exact) mass is 322 g/mol. The first-order valence-corrected chi connectivity index (χ1v) is 7.09. The summed E-state index contributed by atoms with van der Waals surface area (Å²) >= 11 is 8.92. The van der Waals surface area contributed by atoms with Crippen molar-refractivity contribution in [2.45, 2.75) is 27.2 Å². The van der Waals surface area contributed by atoms with Crippen molar-refractivity contribution in [3.8, 4) is 11.4 Å². The van der Waals surface area contributed by atoms with Gasteiger partial charge in [-0.3, -0.25) is 0 Å². The van der Waals surface area contributed by atoms with Crippen molar-refractivity contribution < 1.29 is 0 Å². The predicted molar refractivity (Wildman–Crippen MR) is 81.4 cm³/mol. The molecule has 0 spiro atoms. The van der Waals surface area contributed by atoms with Crippen LogP contribution in [0.1, 0.15) is 23.7 Å². The van der Waals surface area contributed by atoms with E-state index in [0.717, 1.165) is 33.5 Å². The summed E-state index contributed by atoms with van der Waals surface area (Å²) in [7, 11) is 0. The third-order valence-corrected chi connectivity index (χ3v) is 3.96. The third kappa shape index (κ3) is 2.54. The van der Waals surface area contributed by atoms with E-state index in [0.29, 0.717) is 4.64 Å². The predicted octanol–water partition coefficient (Wildman–Crippen LogP) is 4.75. The summed E-state index contributed by atoms with van der Waals surface area (Å²) in [6, 6.07) is 6.21. The van der Waals surface area contributed by atoms with Crippen molar-refractivity contribution in [2.24, 2.45) is 0 Å². The summed E-state index contributed by atoms with van der Waals surface area (Å²) in [6.07, 6.45) is 0.906. The Morgan fingerprint density at radius 3 is 2.61 bits per heavy atom. The minimum absolute atomic E-state index is 0.691. The van der Waals surface area contributed by atoms with Gasteiger partial charge in [-0.1, -0.05) is 41.1 Å². The smallest absolute Gasteiger partial charge is 0.140 e. The number of rotatable bonds is 2. The highest BCUT2D eigenvalue weighted by Crippen LogP contribution is 2.27. The van der Waals surface area contributed by atoms with Crippen LogP contribution in [0.25, 0.3) is 11.4 Å². The summed E-state index contributed by atoms with van der Waals surface area (Å²) < 4.78 is 1.72. The Morgan fingerprint density at radius 2 is 2.06 bits per heavy atom. The molecule has 4 heteroatoms. The normalized spacial score (nSPS) is 10.7. The van der Waals surface area contributed by atoms with Gasteiger partial charge in [0, 0.05) is 21.3 Å². The number of aromatic nitrogens is 2. The van der Waals surface area contributed by atoms with Gasteiger partial charge in [0.2, 0.25) is 0 Å². The number of nitrogens with zero attached hydrogens (tertiary/aromatic N) is 1. The lowest BCUT2D eigenvalue weighted by Gasteiger charge is -2.09. The Morgan fingerprint density at radius 1 is 1.33 bits per heavy atom. The molecule has 0 aliphatic heterocycles. The van der Waals surface area contributed by atoms with Crippen LogP contribution in [0, 0.1) is 18.5 Å². The molecular formula is C14H15BrN2S. The molecule has 0 bridgehead atoms. The zero-order valence-corrected chi connectivity index (χ0v) is 13.1. The fraction of sp³-hybridized carbons (Fsp3) is 0.286. The molecule has 0 saturated carbocycles. The third-order valence-electron chi connectivity index (χ3n) is 2.96. The Hall–Kier alpha value is -1.00. The molecule has 0 amide bonds. The Labute approximate surface area is 121 Å². The fourth-order valence-corrected chi connectivity index (χ4v) is 3.04. The van der Waals surface area contributed by atoms with Crippen LogP contribution in [-0.4, -0.2) is 9.97 Å². The van der Waals surface area contributed by atoms with Crippen LogP contribution in [0.5, 0.6) is 0 Å². The lowest BCUT2D eigenvalue weighted by atomic mass is 10.1. The molecule has 1 heterocycles. The lowest BCUT2D eigenvalue weighted by Crippen LogP contribution is -1.99. The number of aryl methyl sites for hydroxylation is 2. The van der Waals surface area contributed by atoms with Gasteiger partial charge < -0.3 is 4.98 Å². The van der Waals surface area contributed by atoms with Gasteiger partial charge in [0.25, 0.3) is 0 Å². The standard InChI is InChI=1S/C14H15BrN2S/c1-4-10-9(3)16-13(17-14(10)18)11-6-5-8(2)7-12(11)15/h5-7H,4H2,1-3H3,(H,16,17,18). The van der Waals surface area contributed by atoms with Gasteiger partial charge in [-0.25, -0.2) is 4.98 Å². The number of H-pyrrole nitrogens is 1. The molecule has 0 atom stereocenters. The largest absolute Gasteiger partial charge is 0.343 e. The van der Waals surface area contributed by atoms with Crippen LogP contribution in [0.3, 0.4) is 0 Å². The van der Waals surface area contributed by atoms with Crippen molar-refractivity contribution in [2.75, 3.05) is 0 Å². The number of aromatic amines is 1. The average molecular weight is 323 g/mol. The first kappa shape index (κ1) is 13.4. The van der Waals surface area contributed by atoms with E-state index in [4.69, 9.17) is 12.2 Å². The van der Waals surface area contributed by atoms with E-state index in [1.807, 2.05) is 6.92 Å². The lowest BCUT2D eigenvalue weighted by molar-refractivity contribution is 0.989. The molecule has 2 nitrogen and oxygen atoms in total. The number of halogens is 1. The van der Waals surface area contributed by atoms with Gasteiger partial charge in [-0.2, -0.15) is 0 Å². The Bertz CT molecular complexity index is 647. The van der Waals surface area contributed by atoms with E-state index < -0.39 is 0 Å². The van der Waals surface area contributed by atoms with Gasteiger partial charge in [-0.05, 0) is 38.0 Å². The maximum atomic E-state index is 5.35. The van der Waals surface area contributed by atoms with Crippen molar-refractivity contribution >= 4 is 28.1 Å². The minimum Gasteiger partial charge on any atom is -0.343 e. The second kappa shape index (κ2) is 5.33. The molecule has 1 aromatic carbocycles. The fourth-order valence-electron chi connectivity index (χ4n) is 1.97. The minimum atomic E-state index is 0.691.